The average Bonchev–Trinajstić information content (AvgIpc) is 3.08. The first-order valence-corrected chi connectivity index (χ1v) is 7.81. The number of nitrogens with two attached hydrogens (primary N) is 1. The van der Waals surface area contributed by atoms with Crippen LogP contribution in [0.4, 0.5) is 4.39 Å². The highest BCUT2D eigenvalue weighted by Crippen LogP contribution is 2.47. The molecule has 0 saturated carbocycles. The Labute approximate surface area is 133 Å². The van der Waals surface area contributed by atoms with Gasteiger partial charge in [0.05, 0.1) is 5.02 Å². The highest BCUT2D eigenvalue weighted by molar-refractivity contribution is 6.35. The Balaban J connectivity index is 1.90. The molecule has 22 heavy (non-hydrogen) atoms. The SMILES string of the molecule is NCC1CC(c2c[nH]c3cccc(Cl)c23)c2ccc(F)cc21. The smallest absolute Gasteiger partial charge is 0.123 e. The molecule has 0 aliphatic heterocycles. The third kappa shape index (κ3) is 1.97. The monoisotopic (exact) mass is 314 g/mol. The molecule has 0 saturated heterocycles. The second-order valence-electron chi connectivity index (χ2n) is 5.90. The number of hydrogen-bond donors (Lipinski definition) is 2. The molecular formula is C18H16ClFN2. The largest absolute Gasteiger partial charge is 0.361 e. The van der Waals surface area contributed by atoms with Crippen molar-refractivity contribution in [3.8, 4) is 0 Å². The van der Waals surface area contributed by atoms with E-state index in [4.69, 9.17) is 17.3 Å². The molecule has 0 amide bonds. The molecule has 1 heterocycles. The molecule has 2 atom stereocenters. The van der Waals surface area contributed by atoms with Gasteiger partial charge in [0.1, 0.15) is 5.82 Å². The van der Waals surface area contributed by atoms with Gasteiger partial charge in [-0.05, 0) is 59.8 Å². The number of hydrogen-bond acceptors (Lipinski definition) is 1. The van der Waals surface area contributed by atoms with Crippen molar-refractivity contribution in [2.24, 2.45) is 5.73 Å². The summed E-state index contributed by atoms with van der Waals surface area (Å²) in [7, 11) is 0. The van der Waals surface area contributed by atoms with Crippen molar-refractivity contribution < 1.29 is 4.39 Å². The van der Waals surface area contributed by atoms with Crippen LogP contribution in [0.2, 0.25) is 5.02 Å². The molecule has 1 aliphatic rings. The third-order valence-electron chi connectivity index (χ3n) is 4.73. The maximum absolute atomic E-state index is 13.6. The Morgan fingerprint density at radius 1 is 1.18 bits per heavy atom. The van der Waals surface area contributed by atoms with E-state index in [1.807, 2.05) is 30.5 Å². The van der Waals surface area contributed by atoms with Crippen LogP contribution in [0.15, 0.2) is 42.6 Å². The molecule has 112 valence electrons. The number of H-pyrrole nitrogens is 1. The fourth-order valence-electron chi connectivity index (χ4n) is 3.71. The summed E-state index contributed by atoms with van der Waals surface area (Å²) in [5.74, 6) is 0.204. The van der Waals surface area contributed by atoms with Gasteiger partial charge >= 0.3 is 0 Å². The Morgan fingerprint density at radius 3 is 2.86 bits per heavy atom. The van der Waals surface area contributed by atoms with Gasteiger partial charge < -0.3 is 10.7 Å². The van der Waals surface area contributed by atoms with Crippen LogP contribution in [-0.4, -0.2) is 11.5 Å². The van der Waals surface area contributed by atoms with Gasteiger partial charge in [0.15, 0.2) is 0 Å². The van der Waals surface area contributed by atoms with Crippen molar-refractivity contribution in [1.82, 2.24) is 4.98 Å². The van der Waals surface area contributed by atoms with Gasteiger partial charge in [-0.2, -0.15) is 0 Å². The predicted molar refractivity (Wildman–Crippen MR) is 88.0 cm³/mol. The Bertz CT molecular complexity index is 855. The number of nitrogens with one attached hydrogen (secondary N) is 1. The van der Waals surface area contributed by atoms with Crippen LogP contribution >= 0.6 is 11.6 Å². The molecular weight excluding hydrogens is 299 g/mol. The zero-order valence-electron chi connectivity index (χ0n) is 11.9. The first-order chi connectivity index (χ1) is 10.7. The maximum Gasteiger partial charge on any atom is 0.123 e. The second kappa shape index (κ2) is 5.11. The molecule has 2 aromatic carbocycles. The van der Waals surface area contributed by atoms with Crippen LogP contribution in [0.5, 0.6) is 0 Å². The van der Waals surface area contributed by atoms with Gasteiger partial charge in [0, 0.05) is 23.0 Å². The minimum Gasteiger partial charge on any atom is -0.361 e. The molecule has 0 spiro atoms. The predicted octanol–water partition coefficient (Wildman–Crippen LogP) is 4.54. The van der Waals surface area contributed by atoms with E-state index in [1.54, 1.807) is 6.07 Å². The summed E-state index contributed by atoms with van der Waals surface area (Å²) in [6.45, 7) is 0.531. The lowest BCUT2D eigenvalue weighted by Crippen LogP contribution is -2.09. The lowest BCUT2D eigenvalue weighted by molar-refractivity contribution is 0.618. The zero-order chi connectivity index (χ0) is 15.3. The van der Waals surface area contributed by atoms with Crippen LogP contribution in [0, 0.1) is 5.82 Å². The number of rotatable bonds is 2. The molecule has 4 rings (SSSR count). The number of aromatic nitrogens is 1. The first-order valence-electron chi connectivity index (χ1n) is 7.44. The van der Waals surface area contributed by atoms with Gasteiger partial charge in [-0.25, -0.2) is 4.39 Å². The topological polar surface area (TPSA) is 41.8 Å². The van der Waals surface area contributed by atoms with E-state index in [2.05, 4.69) is 4.98 Å². The second-order valence-corrected chi connectivity index (χ2v) is 6.31. The van der Waals surface area contributed by atoms with Crippen molar-refractivity contribution in [1.29, 1.82) is 0 Å². The number of fused-ring (bicyclic) bond motifs is 2. The van der Waals surface area contributed by atoms with E-state index < -0.39 is 0 Å². The van der Waals surface area contributed by atoms with Gasteiger partial charge in [-0.1, -0.05) is 23.7 Å². The van der Waals surface area contributed by atoms with Gasteiger partial charge in [0.2, 0.25) is 0 Å². The molecule has 3 N–H and O–H groups in total. The minimum atomic E-state index is -0.199. The fourth-order valence-corrected chi connectivity index (χ4v) is 4.00. The summed E-state index contributed by atoms with van der Waals surface area (Å²) < 4.78 is 13.6. The van der Waals surface area contributed by atoms with Gasteiger partial charge in [-0.3, -0.25) is 0 Å². The summed E-state index contributed by atoms with van der Waals surface area (Å²) in [5, 5.41) is 1.80. The van der Waals surface area contributed by atoms with E-state index in [0.717, 1.165) is 33.5 Å². The van der Waals surface area contributed by atoms with Crippen molar-refractivity contribution in [3.63, 3.8) is 0 Å². The molecule has 3 aromatic rings. The summed E-state index contributed by atoms with van der Waals surface area (Å²) in [6, 6.07) is 10.9. The van der Waals surface area contributed by atoms with Gasteiger partial charge in [-0.15, -0.1) is 0 Å². The maximum atomic E-state index is 13.6. The molecule has 2 unspecified atom stereocenters. The van der Waals surface area contributed by atoms with Crippen molar-refractivity contribution >= 4 is 22.5 Å². The van der Waals surface area contributed by atoms with Crippen LogP contribution < -0.4 is 5.73 Å². The van der Waals surface area contributed by atoms with Crippen molar-refractivity contribution in [2.75, 3.05) is 6.54 Å². The summed E-state index contributed by atoms with van der Waals surface area (Å²) in [5.41, 5.74) is 10.3. The lowest BCUT2D eigenvalue weighted by Gasteiger charge is -2.11. The minimum absolute atomic E-state index is 0.197. The molecule has 1 aliphatic carbocycles. The fraction of sp³-hybridized carbons (Fsp3) is 0.222. The Kier molecular flexibility index (Phi) is 3.21. The van der Waals surface area contributed by atoms with E-state index in [9.17, 15) is 4.39 Å². The van der Waals surface area contributed by atoms with E-state index >= 15 is 0 Å². The number of halogens is 2. The molecule has 0 bridgehead atoms. The standard InChI is InChI=1S/C18H16ClFN2/c19-16-2-1-3-17-18(16)15(9-22-17)14-6-10(8-21)13-7-11(20)4-5-12(13)14/h1-5,7,9-10,14,22H,6,8,21H2. The van der Waals surface area contributed by atoms with E-state index in [-0.39, 0.29) is 17.7 Å². The van der Waals surface area contributed by atoms with Crippen LogP contribution in [0.3, 0.4) is 0 Å². The molecule has 0 radical (unpaired) electrons. The summed E-state index contributed by atoms with van der Waals surface area (Å²) >= 11 is 6.40. The quantitative estimate of drug-likeness (QED) is 0.716. The number of benzene rings is 2. The van der Waals surface area contributed by atoms with E-state index in [0.29, 0.717) is 6.54 Å². The third-order valence-corrected chi connectivity index (χ3v) is 5.04. The van der Waals surface area contributed by atoms with Crippen LogP contribution in [0.1, 0.15) is 34.9 Å². The van der Waals surface area contributed by atoms with Crippen molar-refractivity contribution in [3.05, 3.63) is 70.1 Å². The molecule has 4 heteroatoms. The average molecular weight is 315 g/mol. The van der Waals surface area contributed by atoms with Crippen LogP contribution in [-0.2, 0) is 0 Å². The van der Waals surface area contributed by atoms with Gasteiger partial charge in [0.25, 0.3) is 0 Å². The van der Waals surface area contributed by atoms with E-state index in [1.165, 1.54) is 11.6 Å². The Morgan fingerprint density at radius 2 is 2.05 bits per heavy atom. The Hall–Kier alpha value is -1.84. The first kappa shape index (κ1) is 13.8. The lowest BCUT2D eigenvalue weighted by atomic mass is 9.92. The summed E-state index contributed by atoms with van der Waals surface area (Å²) in [6.07, 6.45) is 2.92. The molecule has 0 fully saturated rings. The highest BCUT2D eigenvalue weighted by Gasteiger charge is 2.33. The zero-order valence-corrected chi connectivity index (χ0v) is 12.7. The number of aromatic amines is 1. The van der Waals surface area contributed by atoms with Crippen LogP contribution in [0.25, 0.3) is 10.9 Å². The normalized spacial score (nSPS) is 20.5. The highest BCUT2D eigenvalue weighted by atomic mass is 35.5. The molecule has 1 aromatic heterocycles. The summed E-state index contributed by atoms with van der Waals surface area (Å²) in [4.78, 5) is 3.29. The van der Waals surface area contributed by atoms with Crippen molar-refractivity contribution in [2.45, 2.75) is 18.3 Å². The molecule has 2 nitrogen and oxygen atoms in total.